The average molecular weight is 667 g/mol. The second-order valence-corrected chi connectivity index (χ2v) is 11.1. The number of rotatable bonds is 10. The van der Waals surface area contributed by atoms with Crippen LogP contribution in [-0.2, 0) is 33.2 Å². The van der Waals surface area contributed by atoms with Crippen molar-refractivity contribution in [3.63, 3.8) is 0 Å². The largest absolute Gasteiger partial charge is 0.394 e. The molecule has 4 aliphatic heterocycles. The molecule has 4 fully saturated rings. The van der Waals surface area contributed by atoms with E-state index < -0.39 is 149 Å². The Bertz CT molecular complexity index is 910. The Morgan fingerprint density at radius 3 is 0.889 bits per heavy atom. The molecule has 0 saturated carbocycles. The van der Waals surface area contributed by atoms with Crippen LogP contribution in [0, 0.1) is 0 Å². The third-order valence-corrected chi connectivity index (χ3v) is 8.19. The fourth-order valence-corrected chi connectivity index (χ4v) is 5.47. The minimum Gasteiger partial charge on any atom is -0.394 e. The van der Waals surface area contributed by atoms with Crippen molar-refractivity contribution in [1.82, 2.24) is 0 Å². The van der Waals surface area contributed by atoms with E-state index in [0.717, 1.165) is 0 Å². The van der Waals surface area contributed by atoms with Crippen LogP contribution in [0.25, 0.3) is 0 Å². The molecule has 0 unspecified atom stereocenters. The fraction of sp³-hybridized carbons (Fsp3) is 1.00. The predicted octanol–water partition coefficient (Wildman–Crippen LogP) is -9.75. The zero-order chi connectivity index (χ0) is 33.3. The summed E-state index contributed by atoms with van der Waals surface area (Å²) < 4.78 is 37.8. The maximum Gasteiger partial charge on any atom is 0.189 e. The minimum atomic E-state index is -2.02. The molecule has 0 aromatic carbocycles. The fourth-order valence-electron chi connectivity index (χ4n) is 5.47. The molecule has 0 radical (unpaired) electrons. The summed E-state index contributed by atoms with van der Waals surface area (Å²) in [6.45, 7) is -3.36. The first-order valence-corrected chi connectivity index (χ1v) is 14.1. The van der Waals surface area contributed by atoms with Gasteiger partial charge in [-0.25, -0.2) is 0 Å². The number of aliphatic hydroxyl groups is 14. The lowest BCUT2D eigenvalue weighted by atomic mass is 9.96. The van der Waals surface area contributed by atoms with Gasteiger partial charge in [-0.3, -0.25) is 0 Å². The lowest BCUT2D eigenvalue weighted by molar-refractivity contribution is -0.397. The Labute approximate surface area is 254 Å². The van der Waals surface area contributed by atoms with Crippen molar-refractivity contribution in [3.8, 4) is 0 Å². The van der Waals surface area contributed by atoms with Gasteiger partial charge in [0, 0.05) is 0 Å². The molecule has 21 heteroatoms. The summed E-state index contributed by atoms with van der Waals surface area (Å²) >= 11 is 0. The van der Waals surface area contributed by atoms with Crippen molar-refractivity contribution in [2.75, 3.05) is 26.4 Å². The molecule has 0 aromatic heterocycles. The molecule has 14 N–H and O–H groups in total. The first-order chi connectivity index (χ1) is 21.3. The predicted molar refractivity (Wildman–Crippen MR) is 134 cm³/mol. The van der Waals surface area contributed by atoms with Gasteiger partial charge in [-0.1, -0.05) is 0 Å². The normalized spacial score (nSPS) is 52.9. The zero-order valence-electron chi connectivity index (χ0n) is 23.5. The Balaban J connectivity index is 1.42. The van der Waals surface area contributed by atoms with Crippen molar-refractivity contribution >= 4 is 0 Å². The summed E-state index contributed by atoms with van der Waals surface area (Å²) in [5.74, 6) is 0. The van der Waals surface area contributed by atoms with E-state index in [1.807, 2.05) is 0 Å². The maximum absolute atomic E-state index is 10.8. The van der Waals surface area contributed by atoms with Crippen LogP contribution in [0.1, 0.15) is 0 Å². The van der Waals surface area contributed by atoms with Crippen molar-refractivity contribution in [1.29, 1.82) is 0 Å². The van der Waals surface area contributed by atoms with Crippen LogP contribution in [0.2, 0.25) is 0 Å². The van der Waals surface area contributed by atoms with Crippen LogP contribution in [0.3, 0.4) is 0 Å². The summed E-state index contributed by atoms with van der Waals surface area (Å²) in [7, 11) is 0. The molecule has 0 spiro atoms. The summed E-state index contributed by atoms with van der Waals surface area (Å²) in [6.07, 6.45) is -35.3. The van der Waals surface area contributed by atoms with Gasteiger partial charge in [-0.15, -0.1) is 0 Å². The highest BCUT2D eigenvalue weighted by Crippen LogP contribution is 2.33. The van der Waals surface area contributed by atoms with Gasteiger partial charge in [-0.2, -0.15) is 0 Å². The zero-order valence-corrected chi connectivity index (χ0v) is 23.5. The van der Waals surface area contributed by atoms with Gasteiger partial charge in [-0.05, 0) is 0 Å². The average Bonchev–Trinajstić information content (AvgIpc) is 3.03. The van der Waals surface area contributed by atoms with E-state index in [9.17, 15) is 71.5 Å². The molecule has 45 heavy (non-hydrogen) atoms. The number of aliphatic hydroxyl groups excluding tert-OH is 14. The Hall–Kier alpha value is -0.840. The molecule has 21 nitrogen and oxygen atoms in total. The maximum atomic E-state index is 10.8. The second kappa shape index (κ2) is 15.6. The third-order valence-electron chi connectivity index (χ3n) is 8.19. The molecule has 0 aromatic rings. The van der Waals surface area contributed by atoms with E-state index in [4.69, 9.17) is 33.2 Å². The van der Waals surface area contributed by atoms with E-state index in [1.54, 1.807) is 0 Å². The summed E-state index contributed by atoms with van der Waals surface area (Å²) in [6, 6.07) is 0. The SMILES string of the molecule is OC[C@H]1O[C@@H](O[C@H]2O[C@H](CO)[C@@H](O[C@@H]3O[C@H](CO)[C@H](O[C@@H]4O[C@H](CO)[C@H](O)[C@H](O)[C@H]4O)[C@H](O)[C@H]3O)[C@H](O)[C@H]2O)[C@H](O)[C@@H](O)[C@H]1O. The van der Waals surface area contributed by atoms with Crippen LogP contribution in [0.4, 0.5) is 0 Å². The molecule has 4 saturated heterocycles. The molecule has 0 bridgehead atoms. The van der Waals surface area contributed by atoms with Gasteiger partial charge in [0.1, 0.15) is 97.7 Å². The lowest BCUT2D eigenvalue weighted by Crippen LogP contribution is -2.67. The van der Waals surface area contributed by atoms with Crippen LogP contribution in [0.5, 0.6) is 0 Å². The van der Waals surface area contributed by atoms with Crippen LogP contribution in [0.15, 0.2) is 0 Å². The molecule has 4 rings (SSSR count). The van der Waals surface area contributed by atoms with Crippen LogP contribution >= 0.6 is 0 Å². The Kier molecular flexibility index (Phi) is 12.8. The molecular formula is C24H42O21. The third kappa shape index (κ3) is 7.44. The van der Waals surface area contributed by atoms with E-state index in [1.165, 1.54) is 0 Å². The van der Waals surface area contributed by atoms with E-state index >= 15 is 0 Å². The van der Waals surface area contributed by atoms with Gasteiger partial charge >= 0.3 is 0 Å². The van der Waals surface area contributed by atoms with E-state index in [2.05, 4.69) is 0 Å². The quantitative estimate of drug-likeness (QED) is 0.103. The van der Waals surface area contributed by atoms with Crippen molar-refractivity contribution in [3.05, 3.63) is 0 Å². The van der Waals surface area contributed by atoms with Gasteiger partial charge in [0.25, 0.3) is 0 Å². The highest BCUT2D eigenvalue weighted by atomic mass is 16.8. The number of hydrogen-bond acceptors (Lipinski definition) is 21. The van der Waals surface area contributed by atoms with Crippen molar-refractivity contribution in [2.45, 2.75) is 123 Å². The first-order valence-electron chi connectivity index (χ1n) is 14.1. The Morgan fingerprint density at radius 2 is 0.578 bits per heavy atom. The van der Waals surface area contributed by atoms with E-state index in [0.29, 0.717) is 0 Å². The van der Waals surface area contributed by atoms with Gasteiger partial charge in [0.15, 0.2) is 25.2 Å². The molecule has 0 amide bonds. The number of hydrogen-bond donors (Lipinski definition) is 14. The number of ether oxygens (including phenoxy) is 7. The van der Waals surface area contributed by atoms with Gasteiger partial charge < -0.3 is 105 Å². The van der Waals surface area contributed by atoms with Crippen LogP contribution in [-0.4, -0.2) is 221 Å². The second-order valence-electron chi connectivity index (χ2n) is 11.1. The first kappa shape index (κ1) is 37.0. The monoisotopic (exact) mass is 666 g/mol. The molecule has 0 aliphatic carbocycles. The van der Waals surface area contributed by atoms with Gasteiger partial charge in [0.2, 0.25) is 0 Å². The summed E-state index contributed by atoms with van der Waals surface area (Å²) in [5.41, 5.74) is 0. The molecule has 4 heterocycles. The molecule has 264 valence electrons. The molecular weight excluding hydrogens is 624 g/mol. The topological polar surface area (TPSA) is 348 Å². The van der Waals surface area contributed by atoms with Gasteiger partial charge in [0.05, 0.1) is 26.4 Å². The minimum absolute atomic E-state index is 0.782. The summed E-state index contributed by atoms with van der Waals surface area (Å²) in [4.78, 5) is 0. The highest BCUT2D eigenvalue weighted by molar-refractivity contribution is 4.97. The Morgan fingerprint density at radius 1 is 0.311 bits per heavy atom. The molecule has 4 aliphatic rings. The summed E-state index contributed by atoms with van der Waals surface area (Å²) in [5, 5.41) is 142. The standard InChI is InChI=1S/C24H42O21/c25-1-5-9(29)11(31)15(35)21(39-5)43-19-7(3-27)41-22(17(37)13(19)33)44-20-8(4-28)42-24(18(38)14(20)34)45-23-16(36)12(32)10(30)6(2-26)40-23/h5-38H,1-4H2/t5-,6-,7-,8-,9+,10+,11+,12+,13-,14-,15-,16-,17-,18-,19+,20-,21+,22+,23+,24-/m1/s1. The highest BCUT2D eigenvalue weighted by Gasteiger charge is 2.54. The van der Waals surface area contributed by atoms with Crippen LogP contribution < -0.4 is 0 Å². The molecule has 20 atom stereocenters. The van der Waals surface area contributed by atoms with Crippen molar-refractivity contribution in [2.24, 2.45) is 0 Å². The smallest absolute Gasteiger partial charge is 0.189 e. The lowest BCUT2D eigenvalue weighted by Gasteiger charge is -2.48. The van der Waals surface area contributed by atoms with Crippen molar-refractivity contribution < 1.29 is 105 Å². The van der Waals surface area contributed by atoms with E-state index in [-0.39, 0.29) is 0 Å².